The van der Waals surface area contributed by atoms with Gasteiger partial charge in [0.15, 0.2) is 0 Å². The minimum atomic E-state index is -1.21. The van der Waals surface area contributed by atoms with Crippen molar-refractivity contribution in [2.24, 2.45) is 0 Å². The fraction of sp³-hybridized carbons (Fsp3) is 0. The number of carbonyl (C=O) groups is 1. The molecule has 0 saturated heterocycles. The maximum absolute atomic E-state index is 10.7. The second kappa shape index (κ2) is 4.33. The van der Waals surface area contributed by atoms with E-state index in [9.17, 15) is 9.90 Å². The summed E-state index contributed by atoms with van der Waals surface area (Å²) in [6.07, 6.45) is 1.44. The molecular formula is C12H7ClNO2-. The third-order valence-corrected chi connectivity index (χ3v) is 2.39. The van der Waals surface area contributed by atoms with Gasteiger partial charge in [0.2, 0.25) is 0 Å². The molecule has 1 aromatic carbocycles. The number of rotatable bonds is 2. The van der Waals surface area contributed by atoms with Crippen LogP contribution in [0.3, 0.4) is 0 Å². The first-order chi connectivity index (χ1) is 7.66. The van der Waals surface area contributed by atoms with E-state index in [2.05, 4.69) is 4.98 Å². The van der Waals surface area contributed by atoms with E-state index in [0.29, 0.717) is 10.7 Å². The molecule has 1 heterocycles. The SMILES string of the molecule is O=C([O-])c1ccnc(-c2ccc(Cl)cc2)c1. The highest BCUT2D eigenvalue weighted by atomic mass is 35.5. The highest BCUT2D eigenvalue weighted by Crippen LogP contribution is 2.20. The Bertz CT molecular complexity index is 523. The smallest absolute Gasteiger partial charge is 0.0716 e. The van der Waals surface area contributed by atoms with E-state index in [0.717, 1.165) is 5.56 Å². The number of pyridine rings is 1. The molecule has 2 aromatic rings. The van der Waals surface area contributed by atoms with Gasteiger partial charge in [-0.2, -0.15) is 0 Å². The summed E-state index contributed by atoms with van der Waals surface area (Å²) < 4.78 is 0. The first-order valence-electron chi connectivity index (χ1n) is 4.60. The fourth-order valence-electron chi connectivity index (χ4n) is 1.34. The summed E-state index contributed by atoms with van der Waals surface area (Å²) in [5.74, 6) is -1.21. The normalized spacial score (nSPS) is 10.1. The molecule has 2 rings (SSSR count). The number of carbonyl (C=O) groups excluding carboxylic acids is 1. The van der Waals surface area contributed by atoms with Crippen molar-refractivity contribution in [1.29, 1.82) is 0 Å². The van der Waals surface area contributed by atoms with Gasteiger partial charge in [0.25, 0.3) is 0 Å². The quantitative estimate of drug-likeness (QED) is 0.793. The molecule has 0 aliphatic rings. The molecule has 0 aliphatic heterocycles. The van der Waals surface area contributed by atoms with Crippen LogP contribution in [0.25, 0.3) is 11.3 Å². The highest BCUT2D eigenvalue weighted by molar-refractivity contribution is 6.30. The van der Waals surface area contributed by atoms with Crippen LogP contribution in [0.15, 0.2) is 42.6 Å². The number of hydrogen-bond donors (Lipinski definition) is 0. The molecule has 0 amide bonds. The average molecular weight is 233 g/mol. The molecule has 0 spiro atoms. The highest BCUT2D eigenvalue weighted by Gasteiger charge is 2.01. The van der Waals surface area contributed by atoms with Crippen LogP contribution in [0.5, 0.6) is 0 Å². The predicted octanol–water partition coefficient (Wildman–Crippen LogP) is 1.77. The summed E-state index contributed by atoms with van der Waals surface area (Å²) in [7, 11) is 0. The van der Waals surface area contributed by atoms with Gasteiger partial charge in [-0.15, -0.1) is 0 Å². The van der Waals surface area contributed by atoms with E-state index < -0.39 is 5.97 Å². The number of hydrogen-bond acceptors (Lipinski definition) is 3. The van der Waals surface area contributed by atoms with Crippen LogP contribution in [-0.4, -0.2) is 11.0 Å². The average Bonchev–Trinajstić information content (AvgIpc) is 2.30. The second-order valence-corrected chi connectivity index (χ2v) is 3.66. The summed E-state index contributed by atoms with van der Waals surface area (Å²) in [5.41, 5.74) is 1.51. The number of halogens is 1. The van der Waals surface area contributed by atoms with E-state index in [1.807, 2.05) is 0 Å². The molecule has 1 aromatic heterocycles. The van der Waals surface area contributed by atoms with Crippen LogP contribution >= 0.6 is 11.6 Å². The van der Waals surface area contributed by atoms with Crippen molar-refractivity contribution < 1.29 is 9.90 Å². The molecule has 16 heavy (non-hydrogen) atoms. The maximum atomic E-state index is 10.7. The Morgan fingerprint density at radius 3 is 2.50 bits per heavy atom. The standard InChI is InChI=1S/C12H8ClNO2/c13-10-3-1-8(2-4-10)11-7-9(12(15)16)5-6-14-11/h1-7H,(H,15,16)/p-1. The van der Waals surface area contributed by atoms with Crippen molar-refractivity contribution in [3.63, 3.8) is 0 Å². The Morgan fingerprint density at radius 2 is 1.88 bits per heavy atom. The summed E-state index contributed by atoms with van der Waals surface area (Å²) in [6, 6.07) is 9.88. The zero-order valence-electron chi connectivity index (χ0n) is 8.18. The number of benzene rings is 1. The summed E-state index contributed by atoms with van der Waals surface area (Å²) >= 11 is 5.76. The van der Waals surface area contributed by atoms with Crippen LogP contribution in [0, 0.1) is 0 Å². The van der Waals surface area contributed by atoms with E-state index in [4.69, 9.17) is 11.6 Å². The summed E-state index contributed by atoms with van der Waals surface area (Å²) in [5, 5.41) is 11.3. The second-order valence-electron chi connectivity index (χ2n) is 3.22. The molecule has 4 heteroatoms. The van der Waals surface area contributed by atoms with E-state index in [1.54, 1.807) is 24.3 Å². The van der Waals surface area contributed by atoms with Crippen molar-refractivity contribution in [2.45, 2.75) is 0 Å². The Balaban J connectivity index is 2.44. The third kappa shape index (κ3) is 2.20. The molecule has 0 N–H and O–H groups in total. The van der Waals surface area contributed by atoms with E-state index >= 15 is 0 Å². The molecule has 0 radical (unpaired) electrons. The van der Waals surface area contributed by atoms with Crippen LogP contribution in [-0.2, 0) is 0 Å². The first kappa shape index (κ1) is 10.6. The molecule has 0 fully saturated rings. The van der Waals surface area contributed by atoms with E-state index in [1.165, 1.54) is 18.3 Å². The number of nitrogens with zero attached hydrogens (tertiary/aromatic N) is 1. The molecule has 0 atom stereocenters. The minimum Gasteiger partial charge on any atom is -0.545 e. The zero-order chi connectivity index (χ0) is 11.5. The molecule has 0 bridgehead atoms. The number of carboxylic acids is 1. The van der Waals surface area contributed by atoms with Gasteiger partial charge in [0, 0.05) is 22.3 Å². The first-order valence-corrected chi connectivity index (χ1v) is 4.98. The summed E-state index contributed by atoms with van der Waals surface area (Å²) in [6.45, 7) is 0. The Labute approximate surface area is 97.3 Å². The number of carboxylic acid groups (broad SMARTS) is 1. The van der Waals surface area contributed by atoms with Gasteiger partial charge in [0.05, 0.1) is 11.7 Å². The van der Waals surface area contributed by atoms with Crippen LogP contribution in [0.1, 0.15) is 10.4 Å². The molecule has 80 valence electrons. The number of aromatic carboxylic acids is 1. The fourth-order valence-corrected chi connectivity index (χ4v) is 1.46. The monoisotopic (exact) mass is 232 g/mol. The topological polar surface area (TPSA) is 53.0 Å². The van der Waals surface area contributed by atoms with E-state index in [-0.39, 0.29) is 5.56 Å². The van der Waals surface area contributed by atoms with Crippen LogP contribution in [0.2, 0.25) is 5.02 Å². The minimum absolute atomic E-state index is 0.111. The van der Waals surface area contributed by atoms with Crippen LogP contribution < -0.4 is 5.11 Å². The van der Waals surface area contributed by atoms with Crippen molar-refractivity contribution in [3.05, 3.63) is 53.2 Å². The lowest BCUT2D eigenvalue weighted by atomic mass is 10.1. The van der Waals surface area contributed by atoms with Crippen LogP contribution in [0.4, 0.5) is 0 Å². The summed E-state index contributed by atoms with van der Waals surface area (Å²) in [4.78, 5) is 14.8. The van der Waals surface area contributed by atoms with Gasteiger partial charge in [-0.1, -0.05) is 23.7 Å². The largest absolute Gasteiger partial charge is 0.545 e. The Hall–Kier alpha value is -1.87. The lowest BCUT2D eigenvalue weighted by Crippen LogP contribution is -2.22. The zero-order valence-corrected chi connectivity index (χ0v) is 8.94. The van der Waals surface area contributed by atoms with Crippen molar-refractivity contribution in [1.82, 2.24) is 4.98 Å². The molecule has 3 nitrogen and oxygen atoms in total. The Morgan fingerprint density at radius 1 is 1.19 bits per heavy atom. The lowest BCUT2D eigenvalue weighted by Gasteiger charge is -2.05. The van der Waals surface area contributed by atoms with Crippen molar-refractivity contribution in [3.8, 4) is 11.3 Å². The van der Waals surface area contributed by atoms with Gasteiger partial charge in [-0.25, -0.2) is 0 Å². The third-order valence-electron chi connectivity index (χ3n) is 2.14. The molecule has 0 aliphatic carbocycles. The number of aromatic nitrogens is 1. The Kier molecular flexibility index (Phi) is 2.88. The maximum Gasteiger partial charge on any atom is 0.0716 e. The van der Waals surface area contributed by atoms with Gasteiger partial charge in [-0.05, 0) is 24.3 Å². The van der Waals surface area contributed by atoms with Crippen molar-refractivity contribution >= 4 is 17.6 Å². The van der Waals surface area contributed by atoms with Crippen molar-refractivity contribution in [2.75, 3.05) is 0 Å². The lowest BCUT2D eigenvalue weighted by molar-refractivity contribution is -0.255. The van der Waals surface area contributed by atoms with Gasteiger partial charge in [0.1, 0.15) is 0 Å². The predicted molar refractivity (Wildman–Crippen MR) is 59.0 cm³/mol. The molecular weight excluding hydrogens is 226 g/mol. The van der Waals surface area contributed by atoms with Gasteiger partial charge < -0.3 is 9.90 Å². The molecule has 0 saturated carbocycles. The molecule has 0 unspecified atom stereocenters. The van der Waals surface area contributed by atoms with Gasteiger partial charge in [-0.3, -0.25) is 4.98 Å². The van der Waals surface area contributed by atoms with Gasteiger partial charge >= 0.3 is 0 Å².